The molecule has 3 heteroatoms. The van der Waals surface area contributed by atoms with Gasteiger partial charge in [-0.3, -0.25) is 4.79 Å². The van der Waals surface area contributed by atoms with E-state index in [9.17, 15) is 4.79 Å². The van der Waals surface area contributed by atoms with Gasteiger partial charge in [-0.25, -0.2) is 0 Å². The molecule has 2 fully saturated rings. The van der Waals surface area contributed by atoms with E-state index in [1.165, 1.54) is 5.70 Å². The number of amides is 1. The molecule has 2 aliphatic heterocycles. The lowest BCUT2D eigenvalue weighted by Crippen LogP contribution is -2.36. The summed E-state index contributed by atoms with van der Waals surface area (Å²) in [7, 11) is 1.89. The topological polar surface area (TPSA) is 32.3 Å². The number of nitrogens with one attached hydrogen (secondary N) is 1. The summed E-state index contributed by atoms with van der Waals surface area (Å²) in [6.45, 7) is 6.34. The molecule has 0 bridgehead atoms. The van der Waals surface area contributed by atoms with Crippen LogP contribution in [-0.4, -0.2) is 30.9 Å². The highest BCUT2D eigenvalue weighted by Crippen LogP contribution is 2.37. The molecule has 0 aromatic heterocycles. The fourth-order valence-electron chi connectivity index (χ4n) is 2.54. The van der Waals surface area contributed by atoms with Gasteiger partial charge in [-0.1, -0.05) is 13.8 Å². The first-order chi connectivity index (χ1) is 7.02. The van der Waals surface area contributed by atoms with Crippen LogP contribution in [0.1, 0.15) is 33.1 Å². The maximum atomic E-state index is 12.0. The molecule has 0 radical (unpaired) electrons. The molecule has 2 rings (SSSR count). The molecule has 15 heavy (non-hydrogen) atoms. The second kappa shape index (κ2) is 3.54. The van der Waals surface area contributed by atoms with Gasteiger partial charge in [0.15, 0.2) is 0 Å². The van der Waals surface area contributed by atoms with E-state index >= 15 is 0 Å². The maximum absolute atomic E-state index is 12.0. The molecule has 0 spiro atoms. The van der Waals surface area contributed by atoms with Crippen LogP contribution < -0.4 is 5.32 Å². The fraction of sp³-hybridized carbons (Fsp3) is 0.750. The Labute approximate surface area is 91.5 Å². The van der Waals surface area contributed by atoms with Gasteiger partial charge < -0.3 is 10.2 Å². The second-order valence-corrected chi connectivity index (χ2v) is 5.24. The number of hydrogen-bond donors (Lipinski definition) is 1. The Hall–Kier alpha value is -0.990. The summed E-state index contributed by atoms with van der Waals surface area (Å²) in [5, 5.41) is 3.40. The van der Waals surface area contributed by atoms with Crippen molar-refractivity contribution in [3.8, 4) is 0 Å². The van der Waals surface area contributed by atoms with Crippen molar-refractivity contribution < 1.29 is 4.79 Å². The Kier molecular flexibility index (Phi) is 2.49. The molecule has 0 unspecified atom stereocenters. The third-order valence-corrected chi connectivity index (χ3v) is 3.56. The van der Waals surface area contributed by atoms with Crippen molar-refractivity contribution in [2.75, 3.05) is 20.1 Å². The molecule has 2 aliphatic rings. The van der Waals surface area contributed by atoms with E-state index in [2.05, 4.69) is 19.2 Å². The van der Waals surface area contributed by atoms with Crippen molar-refractivity contribution in [1.82, 2.24) is 10.2 Å². The van der Waals surface area contributed by atoms with Crippen LogP contribution in [0.5, 0.6) is 0 Å². The average molecular weight is 208 g/mol. The Balaban J connectivity index is 2.35. The predicted octanol–water partition coefficient (Wildman–Crippen LogP) is 1.51. The lowest BCUT2D eigenvalue weighted by molar-refractivity contribution is -0.127. The number of likely N-dealkylation sites (tertiary alicyclic amines) is 1. The van der Waals surface area contributed by atoms with Gasteiger partial charge in [0.25, 0.3) is 5.91 Å². The zero-order valence-electron chi connectivity index (χ0n) is 9.89. The lowest BCUT2D eigenvalue weighted by Gasteiger charge is -2.29. The smallest absolute Gasteiger partial charge is 0.251 e. The van der Waals surface area contributed by atoms with Crippen molar-refractivity contribution in [1.29, 1.82) is 0 Å². The van der Waals surface area contributed by atoms with Crippen LogP contribution in [0.25, 0.3) is 0 Å². The molecule has 84 valence electrons. The van der Waals surface area contributed by atoms with Crippen molar-refractivity contribution in [2.45, 2.75) is 33.1 Å². The summed E-state index contributed by atoms with van der Waals surface area (Å²) >= 11 is 0. The van der Waals surface area contributed by atoms with Gasteiger partial charge in [0.2, 0.25) is 0 Å². The molecular formula is C12H20N2O. The van der Waals surface area contributed by atoms with E-state index in [-0.39, 0.29) is 11.3 Å². The van der Waals surface area contributed by atoms with E-state index in [0.717, 1.165) is 37.9 Å². The molecule has 3 nitrogen and oxygen atoms in total. The highest BCUT2D eigenvalue weighted by molar-refractivity contribution is 5.94. The van der Waals surface area contributed by atoms with Gasteiger partial charge in [-0.05, 0) is 19.3 Å². The Bertz CT molecular complexity index is 318. The average Bonchev–Trinajstić information content (AvgIpc) is 2.50. The number of rotatable bonds is 0. The van der Waals surface area contributed by atoms with Crippen LogP contribution in [0.3, 0.4) is 0 Å². The minimum Gasteiger partial charge on any atom is -0.387 e. The second-order valence-electron chi connectivity index (χ2n) is 5.24. The number of piperidine rings is 1. The molecule has 2 saturated heterocycles. The zero-order chi connectivity index (χ0) is 11.1. The molecule has 0 aromatic carbocycles. The van der Waals surface area contributed by atoms with Crippen LogP contribution in [0.15, 0.2) is 11.3 Å². The van der Waals surface area contributed by atoms with Crippen molar-refractivity contribution in [3.05, 3.63) is 11.3 Å². The van der Waals surface area contributed by atoms with E-state index < -0.39 is 0 Å². The number of hydrogen-bond acceptors (Lipinski definition) is 2. The van der Waals surface area contributed by atoms with Crippen LogP contribution >= 0.6 is 0 Å². The van der Waals surface area contributed by atoms with Crippen molar-refractivity contribution in [3.63, 3.8) is 0 Å². The predicted molar refractivity (Wildman–Crippen MR) is 60.3 cm³/mol. The van der Waals surface area contributed by atoms with E-state index in [1.807, 2.05) is 11.9 Å². The van der Waals surface area contributed by atoms with E-state index in [0.29, 0.717) is 0 Å². The zero-order valence-corrected chi connectivity index (χ0v) is 9.89. The monoisotopic (exact) mass is 208 g/mol. The largest absolute Gasteiger partial charge is 0.387 e. The molecule has 1 N–H and O–H groups in total. The molecule has 0 atom stereocenters. The van der Waals surface area contributed by atoms with Crippen LogP contribution in [0.2, 0.25) is 0 Å². The molecule has 1 amide bonds. The number of carbonyl (C=O) groups excluding carboxylic acids is 1. The number of likely N-dealkylation sites (N-methyl/N-ethyl adjacent to an activating group) is 1. The summed E-state index contributed by atoms with van der Waals surface area (Å²) in [4.78, 5) is 13.9. The Morgan fingerprint density at radius 2 is 2.13 bits per heavy atom. The SMILES string of the molecule is CN1CCC/C(=C2\NCCC2(C)C)C1=O. The molecule has 0 saturated carbocycles. The number of carbonyl (C=O) groups is 1. The van der Waals surface area contributed by atoms with Gasteiger partial charge in [-0.15, -0.1) is 0 Å². The number of allylic oxidation sites excluding steroid dienone is 1. The Morgan fingerprint density at radius 1 is 1.40 bits per heavy atom. The summed E-state index contributed by atoms with van der Waals surface area (Å²) in [5.41, 5.74) is 2.37. The van der Waals surface area contributed by atoms with Crippen LogP contribution in [0.4, 0.5) is 0 Å². The van der Waals surface area contributed by atoms with Gasteiger partial charge in [0.05, 0.1) is 0 Å². The van der Waals surface area contributed by atoms with Gasteiger partial charge in [0, 0.05) is 36.8 Å². The third-order valence-electron chi connectivity index (χ3n) is 3.56. The Morgan fingerprint density at radius 3 is 2.73 bits per heavy atom. The van der Waals surface area contributed by atoms with Gasteiger partial charge in [-0.2, -0.15) is 0 Å². The normalized spacial score (nSPS) is 30.6. The highest BCUT2D eigenvalue weighted by atomic mass is 16.2. The summed E-state index contributed by atoms with van der Waals surface area (Å²) in [6.07, 6.45) is 3.16. The van der Waals surface area contributed by atoms with Crippen LogP contribution in [0, 0.1) is 5.41 Å². The van der Waals surface area contributed by atoms with E-state index in [1.54, 1.807) is 0 Å². The summed E-state index contributed by atoms with van der Waals surface area (Å²) in [5.74, 6) is 0.221. The first-order valence-electron chi connectivity index (χ1n) is 5.75. The van der Waals surface area contributed by atoms with Gasteiger partial charge >= 0.3 is 0 Å². The minimum atomic E-state index is 0.156. The number of nitrogens with zero attached hydrogens (tertiary/aromatic N) is 1. The standard InChI is InChI=1S/C12H20N2O/c1-12(2)6-7-13-10(12)9-5-4-8-14(3)11(9)15/h13H,4-8H2,1-3H3/b10-9+. The highest BCUT2D eigenvalue weighted by Gasteiger charge is 2.34. The third kappa shape index (κ3) is 1.75. The first-order valence-corrected chi connectivity index (χ1v) is 5.75. The maximum Gasteiger partial charge on any atom is 0.251 e. The van der Waals surface area contributed by atoms with Crippen molar-refractivity contribution >= 4 is 5.91 Å². The first kappa shape index (κ1) is 10.5. The molecular weight excluding hydrogens is 188 g/mol. The lowest BCUT2D eigenvalue weighted by atomic mass is 9.84. The quantitative estimate of drug-likeness (QED) is 0.612. The van der Waals surface area contributed by atoms with Crippen LogP contribution in [-0.2, 0) is 4.79 Å². The summed E-state index contributed by atoms with van der Waals surface area (Å²) < 4.78 is 0. The minimum absolute atomic E-state index is 0.156. The molecule has 0 aliphatic carbocycles. The summed E-state index contributed by atoms with van der Waals surface area (Å²) in [6, 6.07) is 0. The van der Waals surface area contributed by atoms with Crippen molar-refractivity contribution in [2.24, 2.45) is 5.41 Å². The molecule has 2 heterocycles. The van der Waals surface area contributed by atoms with E-state index in [4.69, 9.17) is 0 Å². The van der Waals surface area contributed by atoms with Gasteiger partial charge in [0.1, 0.15) is 0 Å². The molecule has 0 aromatic rings. The fourth-order valence-corrected chi connectivity index (χ4v) is 2.54.